The standard InChI is InChI=1S/C20H14F6/c1-13-3-7-15(8-4-13)17(19(21,22)23)11-12-18(20(24,25)26)16-9-5-14(2)6-10-16/h3-10H,1-2H3. The molecule has 0 saturated carbocycles. The van der Waals surface area contributed by atoms with Crippen molar-refractivity contribution in [3.05, 3.63) is 82.2 Å². The first-order chi connectivity index (χ1) is 12.0. The molecule has 2 aromatic rings. The summed E-state index contributed by atoms with van der Waals surface area (Å²) in [7, 11) is 0. The summed E-state index contributed by atoms with van der Waals surface area (Å²) in [5, 5.41) is 0. The lowest BCUT2D eigenvalue weighted by atomic mass is 10.0. The predicted octanol–water partition coefficient (Wildman–Crippen LogP) is 6.65. The summed E-state index contributed by atoms with van der Waals surface area (Å²) in [6.45, 7) is 3.38. The van der Waals surface area contributed by atoms with Gasteiger partial charge in [0.1, 0.15) is 11.1 Å². The van der Waals surface area contributed by atoms with Gasteiger partial charge in [-0.3, -0.25) is 0 Å². The largest absolute Gasteiger partial charge is 0.424 e. The molecule has 0 saturated heterocycles. The summed E-state index contributed by atoms with van der Waals surface area (Å²) < 4.78 is 79.7. The van der Waals surface area contributed by atoms with E-state index < -0.39 is 23.5 Å². The molecule has 0 nitrogen and oxygen atoms in total. The van der Waals surface area contributed by atoms with Crippen LogP contribution in [0, 0.1) is 13.8 Å². The summed E-state index contributed by atoms with van der Waals surface area (Å²) >= 11 is 0. The Hall–Kier alpha value is -2.68. The van der Waals surface area contributed by atoms with E-state index in [9.17, 15) is 26.3 Å². The van der Waals surface area contributed by atoms with E-state index in [2.05, 4.69) is 0 Å². The van der Waals surface area contributed by atoms with Crippen LogP contribution in [0.5, 0.6) is 0 Å². The number of allylic oxidation sites excluding steroid dienone is 2. The van der Waals surface area contributed by atoms with Crippen molar-refractivity contribution in [2.75, 3.05) is 0 Å². The van der Waals surface area contributed by atoms with Crippen LogP contribution in [0.1, 0.15) is 22.3 Å². The average Bonchev–Trinajstić information content (AvgIpc) is 2.52. The molecule has 0 aliphatic heterocycles. The molecule has 0 spiro atoms. The second kappa shape index (κ2) is 7.28. The first-order valence-electron chi connectivity index (χ1n) is 7.53. The Morgan fingerprint density at radius 2 is 0.846 bits per heavy atom. The van der Waals surface area contributed by atoms with Gasteiger partial charge in [-0.2, -0.15) is 26.3 Å². The molecule has 0 bridgehead atoms. The van der Waals surface area contributed by atoms with E-state index in [0.717, 1.165) is 11.1 Å². The monoisotopic (exact) mass is 368 g/mol. The molecular weight excluding hydrogens is 354 g/mol. The van der Waals surface area contributed by atoms with Gasteiger partial charge in [0.2, 0.25) is 0 Å². The second-order valence-corrected chi connectivity index (χ2v) is 5.73. The topological polar surface area (TPSA) is 0 Å². The fourth-order valence-corrected chi connectivity index (χ4v) is 2.18. The predicted molar refractivity (Wildman–Crippen MR) is 88.3 cm³/mol. The molecule has 26 heavy (non-hydrogen) atoms. The van der Waals surface area contributed by atoms with Gasteiger partial charge >= 0.3 is 12.4 Å². The maximum atomic E-state index is 13.3. The first-order valence-corrected chi connectivity index (χ1v) is 7.53. The Balaban J connectivity index is 2.77. The third-order valence-electron chi connectivity index (χ3n) is 3.56. The highest BCUT2D eigenvalue weighted by Crippen LogP contribution is 2.35. The zero-order valence-corrected chi connectivity index (χ0v) is 13.9. The van der Waals surface area contributed by atoms with Crippen molar-refractivity contribution in [2.24, 2.45) is 0 Å². The molecule has 0 atom stereocenters. The number of aryl methyl sites for hydroxylation is 2. The Kier molecular flexibility index (Phi) is 5.50. The van der Waals surface area contributed by atoms with Gasteiger partial charge in [-0.05, 0) is 25.0 Å². The zero-order chi connectivity index (χ0) is 19.5. The highest BCUT2D eigenvalue weighted by molar-refractivity contribution is 5.73. The van der Waals surface area contributed by atoms with E-state index in [1.54, 1.807) is 25.3 Å². The highest BCUT2D eigenvalue weighted by Gasteiger charge is 2.36. The number of halogens is 6. The van der Waals surface area contributed by atoms with E-state index in [1.165, 1.54) is 48.5 Å². The number of hydrogen-bond donors (Lipinski definition) is 0. The van der Waals surface area contributed by atoms with Crippen LogP contribution < -0.4 is 0 Å². The molecule has 0 heterocycles. The average molecular weight is 368 g/mol. The number of benzene rings is 2. The first kappa shape index (κ1) is 19.6. The number of alkyl halides is 6. The molecule has 136 valence electrons. The van der Waals surface area contributed by atoms with Crippen LogP contribution in [0.3, 0.4) is 0 Å². The lowest BCUT2D eigenvalue weighted by Gasteiger charge is -2.10. The SMILES string of the molecule is Cc1ccc(C(=C=C=C(c2ccc(C)cc2)C(F)(F)F)C(F)(F)F)cc1. The summed E-state index contributed by atoms with van der Waals surface area (Å²) in [6, 6.07) is 10.5. The Bertz CT molecular complexity index is 792. The fraction of sp³-hybridized carbons (Fsp3) is 0.200. The van der Waals surface area contributed by atoms with Crippen molar-refractivity contribution in [3.63, 3.8) is 0 Å². The second-order valence-electron chi connectivity index (χ2n) is 5.73. The van der Waals surface area contributed by atoms with Crippen LogP contribution in [-0.4, -0.2) is 12.4 Å². The third-order valence-corrected chi connectivity index (χ3v) is 3.56. The van der Waals surface area contributed by atoms with Crippen molar-refractivity contribution >= 4 is 11.1 Å². The van der Waals surface area contributed by atoms with E-state index >= 15 is 0 Å². The molecule has 0 radical (unpaired) electrons. The maximum absolute atomic E-state index is 13.3. The van der Waals surface area contributed by atoms with Gasteiger partial charge < -0.3 is 0 Å². The molecule has 6 heteroatoms. The summed E-state index contributed by atoms with van der Waals surface area (Å²) in [4.78, 5) is 0. The maximum Gasteiger partial charge on any atom is 0.424 e. The van der Waals surface area contributed by atoms with Crippen molar-refractivity contribution in [2.45, 2.75) is 26.2 Å². The molecule has 0 aliphatic carbocycles. The van der Waals surface area contributed by atoms with Crippen LogP contribution >= 0.6 is 0 Å². The molecular formula is C20H14F6. The molecule has 0 N–H and O–H groups in total. The van der Waals surface area contributed by atoms with Crippen LogP contribution in [-0.2, 0) is 0 Å². The van der Waals surface area contributed by atoms with E-state index in [1.807, 2.05) is 0 Å². The molecule has 2 aromatic carbocycles. The summed E-state index contributed by atoms with van der Waals surface area (Å²) in [5.41, 5.74) is 1.67. The fourth-order valence-electron chi connectivity index (χ4n) is 2.18. The van der Waals surface area contributed by atoms with Gasteiger partial charge in [0.25, 0.3) is 0 Å². The van der Waals surface area contributed by atoms with Crippen molar-refractivity contribution in [3.8, 4) is 0 Å². The molecule has 0 unspecified atom stereocenters. The normalized spacial score (nSPS) is 11.5. The van der Waals surface area contributed by atoms with Gasteiger partial charge in [0.05, 0.1) is 0 Å². The Morgan fingerprint density at radius 1 is 0.577 bits per heavy atom. The smallest absolute Gasteiger partial charge is 0.165 e. The molecule has 0 aliphatic rings. The van der Waals surface area contributed by atoms with Gasteiger partial charge in [0, 0.05) is 0 Å². The quantitative estimate of drug-likeness (QED) is 0.411. The van der Waals surface area contributed by atoms with E-state index in [0.29, 0.717) is 0 Å². The highest BCUT2D eigenvalue weighted by atomic mass is 19.4. The van der Waals surface area contributed by atoms with Crippen molar-refractivity contribution in [1.82, 2.24) is 0 Å². The van der Waals surface area contributed by atoms with Crippen LogP contribution in [0.2, 0.25) is 0 Å². The summed E-state index contributed by atoms with van der Waals surface area (Å²) in [6.07, 6.45) is -9.74. The molecule has 0 amide bonds. The van der Waals surface area contributed by atoms with Crippen LogP contribution in [0.25, 0.3) is 11.1 Å². The van der Waals surface area contributed by atoms with Crippen LogP contribution in [0.4, 0.5) is 26.3 Å². The minimum absolute atomic E-state index is 0.277. The van der Waals surface area contributed by atoms with E-state index in [4.69, 9.17) is 0 Å². The lowest BCUT2D eigenvalue weighted by Crippen LogP contribution is -2.11. The minimum atomic E-state index is -4.87. The van der Waals surface area contributed by atoms with Gasteiger partial charge in [-0.1, -0.05) is 71.1 Å². The van der Waals surface area contributed by atoms with Gasteiger partial charge in [0.15, 0.2) is 0 Å². The van der Waals surface area contributed by atoms with Gasteiger partial charge in [-0.15, -0.1) is 0 Å². The Morgan fingerprint density at radius 3 is 1.08 bits per heavy atom. The van der Waals surface area contributed by atoms with Gasteiger partial charge in [-0.25, -0.2) is 0 Å². The number of rotatable bonds is 2. The van der Waals surface area contributed by atoms with E-state index in [-0.39, 0.29) is 11.1 Å². The molecule has 0 fully saturated rings. The minimum Gasteiger partial charge on any atom is -0.165 e. The zero-order valence-electron chi connectivity index (χ0n) is 13.9. The van der Waals surface area contributed by atoms with Crippen molar-refractivity contribution in [1.29, 1.82) is 0 Å². The number of hydrogen-bond acceptors (Lipinski definition) is 0. The van der Waals surface area contributed by atoms with Crippen molar-refractivity contribution < 1.29 is 26.3 Å². The lowest BCUT2D eigenvalue weighted by molar-refractivity contribution is -0.0702. The molecule has 2 rings (SSSR count). The molecule has 0 aromatic heterocycles. The Labute approximate surface area is 146 Å². The summed E-state index contributed by atoms with van der Waals surface area (Å²) in [5.74, 6) is 0. The third kappa shape index (κ3) is 4.92. The van der Waals surface area contributed by atoms with Crippen LogP contribution in [0.15, 0.2) is 60.0 Å².